The Hall–Kier alpha value is -3.09. The quantitative estimate of drug-likeness (QED) is 0.743. The molecule has 0 saturated carbocycles. The molecule has 0 unspecified atom stereocenters. The van der Waals surface area contributed by atoms with E-state index in [-0.39, 0.29) is 24.0 Å². The Labute approximate surface area is 169 Å². The number of carbonyl (C=O) groups excluding carboxylic acids is 2. The van der Waals surface area contributed by atoms with Crippen LogP contribution in [0.5, 0.6) is 0 Å². The van der Waals surface area contributed by atoms with Crippen molar-refractivity contribution in [3.05, 3.63) is 53.2 Å². The van der Waals surface area contributed by atoms with Gasteiger partial charge >= 0.3 is 0 Å². The number of aromatic nitrogens is 1. The lowest BCUT2D eigenvalue weighted by Crippen LogP contribution is -2.49. The highest BCUT2D eigenvalue weighted by Gasteiger charge is 2.43. The van der Waals surface area contributed by atoms with Gasteiger partial charge in [0.15, 0.2) is 0 Å². The van der Waals surface area contributed by atoms with Crippen LogP contribution in [0, 0.1) is 0 Å². The lowest BCUT2D eigenvalue weighted by Gasteiger charge is -2.40. The number of pyridine rings is 1. The second kappa shape index (κ2) is 7.06. The van der Waals surface area contributed by atoms with E-state index in [1.807, 2.05) is 30.3 Å². The van der Waals surface area contributed by atoms with Crippen LogP contribution in [0.1, 0.15) is 52.0 Å². The van der Waals surface area contributed by atoms with Crippen LogP contribution in [0.15, 0.2) is 36.5 Å². The predicted molar refractivity (Wildman–Crippen MR) is 111 cm³/mol. The van der Waals surface area contributed by atoms with Gasteiger partial charge in [0.1, 0.15) is 5.82 Å². The average Bonchev–Trinajstić information content (AvgIpc) is 3.31. The van der Waals surface area contributed by atoms with E-state index in [4.69, 9.17) is 5.73 Å². The number of carbonyl (C=O) groups is 2. The van der Waals surface area contributed by atoms with Crippen molar-refractivity contribution in [2.45, 2.75) is 50.2 Å². The smallest absolute Gasteiger partial charge is 0.254 e. The van der Waals surface area contributed by atoms with Crippen LogP contribution in [-0.4, -0.2) is 46.4 Å². The van der Waals surface area contributed by atoms with Gasteiger partial charge < -0.3 is 21.3 Å². The van der Waals surface area contributed by atoms with Crippen LogP contribution in [0.3, 0.4) is 0 Å². The number of hydrogen-bond donors (Lipinski definition) is 3. The summed E-state index contributed by atoms with van der Waals surface area (Å²) in [5.41, 5.74) is 8.67. The van der Waals surface area contributed by atoms with Crippen molar-refractivity contribution in [2.75, 3.05) is 17.2 Å². The first kappa shape index (κ1) is 18.0. The zero-order chi connectivity index (χ0) is 20.0. The Kier molecular flexibility index (Phi) is 4.38. The molecular formula is C22H25N5O2. The molecule has 4 N–H and O–H groups in total. The van der Waals surface area contributed by atoms with Crippen molar-refractivity contribution in [3.8, 4) is 0 Å². The van der Waals surface area contributed by atoms with E-state index in [9.17, 15) is 9.59 Å². The van der Waals surface area contributed by atoms with Gasteiger partial charge in [-0.15, -0.1) is 0 Å². The van der Waals surface area contributed by atoms with Gasteiger partial charge in [0.25, 0.3) is 11.8 Å². The van der Waals surface area contributed by atoms with Crippen molar-refractivity contribution in [1.82, 2.24) is 9.88 Å². The molecule has 7 nitrogen and oxygen atoms in total. The molecule has 150 valence electrons. The fourth-order valence-corrected chi connectivity index (χ4v) is 5.17. The van der Waals surface area contributed by atoms with Gasteiger partial charge in [-0.2, -0.15) is 0 Å². The summed E-state index contributed by atoms with van der Waals surface area (Å²) in [6, 6.07) is 10.2. The Morgan fingerprint density at radius 3 is 2.55 bits per heavy atom. The molecule has 2 amide bonds. The normalized spacial score (nSPS) is 24.7. The Morgan fingerprint density at radius 2 is 1.86 bits per heavy atom. The maximum absolute atomic E-state index is 13.1. The fraction of sp³-hybridized carbons (Fsp3) is 0.409. The fourth-order valence-electron chi connectivity index (χ4n) is 5.17. The summed E-state index contributed by atoms with van der Waals surface area (Å²) in [4.78, 5) is 31.4. The predicted octanol–water partition coefficient (Wildman–Crippen LogP) is 2.40. The number of piperidine rings is 1. The third-order valence-electron chi connectivity index (χ3n) is 6.45. The Balaban J connectivity index is 1.37. The van der Waals surface area contributed by atoms with Gasteiger partial charge in [-0.25, -0.2) is 4.98 Å². The highest BCUT2D eigenvalue weighted by atomic mass is 16.2. The molecule has 2 saturated heterocycles. The molecule has 4 heterocycles. The number of nitrogens with one attached hydrogen (secondary N) is 2. The summed E-state index contributed by atoms with van der Waals surface area (Å²) in [7, 11) is 0. The summed E-state index contributed by atoms with van der Waals surface area (Å²) in [6.45, 7) is 0.814. The van der Waals surface area contributed by atoms with Crippen LogP contribution in [0.2, 0.25) is 0 Å². The van der Waals surface area contributed by atoms with E-state index in [1.165, 1.54) is 0 Å². The van der Waals surface area contributed by atoms with Crippen molar-refractivity contribution < 1.29 is 9.59 Å². The van der Waals surface area contributed by atoms with E-state index < -0.39 is 5.91 Å². The van der Waals surface area contributed by atoms with E-state index in [2.05, 4.69) is 20.5 Å². The van der Waals surface area contributed by atoms with Crippen LogP contribution in [0.25, 0.3) is 0 Å². The minimum Gasteiger partial charge on any atom is -0.381 e. The molecule has 3 aliphatic rings. The zero-order valence-electron chi connectivity index (χ0n) is 16.2. The lowest BCUT2D eigenvalue weighted by atomic mass is 9.95. The van der Waals surface area contributed by atoms with Crippen LogP contribution in [0.4, 0.5) is 11.5 Å². The summed E-state index contributed by atoms with van der Waals surface area (Å²) in [6.07, 6.45) is 6.18. The summed E-state index contributed by atoms with van der Waals surface area (Å²) in [5, 5.41) is 6.87. The van der Waals surface area contributed by atoms with E-state index >= 15 is 0 Å². The molecule has 2 bridgehead atoms. The average molecular weight is 391 g/mol. The van der Waals surface area contributed by atoms with Crippen molar-refractivity contribution in [3.63, 3.8) is 0 Å². The molecule has 7 heteroatoms. The SMILES string of the molecule is NC(=O)c1cnc2c(c1N[C@@H]1C[C@H]3CC[C@@H](C1)N3C(=O)c1ccccc1)CCN2. The van der Waals surface area contributed by atoms with Crippen LogP contribution in [-0.2, 0) is 6.42 Å². The second-order valence-electron chi connectivity index (χ2n) is 8.19. The number of fused-ring (bicyclic) bond motifs is 3. The molecule has 2 fully saturated rings. The molecule has 3 atom stereocenters. The topological polar surface area (TPSA) is 100 Å². The maximum Gasteiger partial charge on any atom is 0.254 e. The molecule has 29 heavy (non-hydrogen) atoms. The standard InChI is InChI=1S/C22H25N5O2/c23-20(28)18-12-25-21-17(8-9-24-21)19(18)26-14-10-15-6-7-16(11-14)27(15)22(29)13-4-2-1-3-5-13/h1-5,12,14-16H,6-11H2,(H2,23,28)(H2,24,25,26)/t14-,15-,16+. The second-order valence-corrected chi connectivity index (χ2v) is 8.19. The molecule has 0 spiro atoms. The Bertz CT molecular complexity index is 947. The third kappa shape index (κ3) is 3.10. The Morgan fingerprint density at radius 1 is 1.14 bits per heavy atom. The monoisotopic (exact) mass is 391 g/mol. The summed E-state index contributed by atoms with van der Waals surface area (Å²) < 4.78 is 0. The number of hydrogen-bond acceptors (Lipinski definition) is 5. The van der Waals surface area contributed by atoms with Crippen LogP contribution < -0.4 is 16.4 Å². The minimum atomic E-state index is -0.464. The van der Waals surface area contributed by atoms with Gasteiger partial charge in [0, 0.05) is 42.0 Å². The number of primary amides is 1. The molecule has 5 rings (SSSR count). The van der Waals surface area contributed by atoms with E-state index in [1.54, 1.807) is 6.20 Å². The summed E-state index contributed by atoms with van der Waals surface area (Å²) in [5.74, 6) is 0.495. The van der Waals surface area contributed by atoms with Crippen molar-refractivity contribution in [2.24, 2.45) is 5.73 Å². The molecule has 1 aromatic heterocycles. The van der Waals surface area contributed by atoms with E-state index in [0.29, 0.717) is 5.56 Å². The summed E-state index contributed by atoms with van der Waals surface area (Å²) >= 11 is 0. The first-order valence-corrected chi connectivity index (χ1v) is 10.3. The molecular weight excluding hydrogens is 366 g/mol. The highest BCUT2D eigenvalue weighted by molar-refractivity contribution is 6.00. The molecule has 0 aliphatic carbocycles. The lowest BCUT2D eigenvalue weighted by molar-refractivity contribution is 0.0583. The van der Waals surface area contributed by atoms with Gasteiger partial charge in [-0.1, -0.05) is 18.2 Å². The van der Waals surface area contributed by atoms with E-state index in [0.717, 1.165) is 61.3 Å². The minimum absolute atomic E-state index is 0.128. The van der Waals surface area contributed by atoms with Gasteiger partial charge in [0.05, 0.1) is 11.3 Å². The number of rotatable bonds is 4. The van der Waals surface area contributed by atoms with Crippen molar-refractivity contribution in [1.29, 1.82) is 0 Å². The van der Waals surface area contributed by atoms with Gasteiger partial charge in [0.2, 0.25) is 0 Å². The first-order valence-electron chi connectivity index (χ1n) is 10.3. The molecule has 0 radical (unpaired) electrons. The van der Waals surface area contributed by atoms with Crippen LogP contribution >= 0.6 is 0 Å². The highest BCUT2D eigenvalue weighted by Crippen LogP contribution is 2.39. The van der Waals surface area contributed by atoms with Gasteiger partial charge in [-0.05, 0) is 44.2 Å². The molecule has 2 aromatic rings. The van der Waals surface area contributed by atoms with Gasteiger partial charge in [-0.3, -0.25) is 9.59 Å². The number of nitrogens with zero attached hydrogens (tertiary/aromatic N) is 2. The first-order chi connectivity index (χ1) is 14.1. The third-order valence-corrected chi connectivity index (χ3v) is 6.45. The number of amides is 2. The number of benzene rings is 1. The van der Waals surface area contributed by atoms with Crippen molar-refractivity contribution >= 4 is 23.3 Å². The molecule has 1 aromatic carbocycles. The number of anilines is 2. The zero-order valence-corrected chi connectivity index (χ0v) is 16.2. The number of nitrogens with two attached hydrogens (primary N) is 1. The maximum atomic E-state index is 13.1. The largest absolute Gasteiger partial charge is 0.381 e. The molecule has 3 aliphatic heterocycles.